The predicted molar refractivity (Wildman–Crippen MR) is 88.0 cm³/mol. The number of benzene rings is 1. The van der Waals surface area contributed by atoms with Crippen molar-refractivity contribution >= 4 is 17.8 Å². The number of hydrazone groups is 1. The van der Waals surface area contributed by atoms with Crippen molar-refractivity contribution < 1.29 is 14.3 Å². The highest BCUT2D eigenvalue weighted by Gasteiger charge is 2.04. The van der Waals surface area contributed by atoms with Crippen LogP contribution in [0.25, 0.3) is 0 Å². The van der Waals surface area contributed by atoms with Gasteiger partial charge in [-0.15, -0.1) is 0 Å². The molecule has 23 heavy (non-hydrogen) atoms. The molecule has 120 valence electrons. The van der Waals surface area contributed by atoms with Crippen molar-refractivity contribution in [3.8, 4) is 11.5 Å². The van der Waals surface area contributed by atoms with E-state index in [-0.39, 0.29) is 12.5 Å². The normalized spacial score (nSPS) is 10.3. The van der Waals surface area contributed by atoms with E-state index in [0.29, 0.717) is 11.5 Å². The molecule has 0 aliphatic rings. The monoisotopic (exact) mass is 314 g/mol. The van der Waals surface area contributed by atoms with Crippen LogP contribution in [0.2, 0.25) is 0 Å². The van der Waals surface area contributed by atoms with Crippen molar-refractivity contribution in [3.63, 3.8) is 0 Å². The third-order valence-corrected chi connectivity index (χ3v) is 2.91. The molecule has 0 aliphatic carbocycles. The van der Waals surface area contributed by atoms with E-state index < -0.39 is 0 Å². The van der Waals surface area contributed by atoms with Crippen LogP contribution >= 0.6 is 0 Å². The van der Waals surface area contributed by atoms with Gasteiger partial charge in [0.15, 0.2) is 0 Å². The second-order valence-corrected chi connectivity index (χ2v) is 4.53. The van der Waals surface area contributed by atoms with Gasteiger partial charge in [-0.05, 0) is 17.7 Å². The minimum atomic E-state index is -0.267. The molecule has 1 heterocycles. The Labute approximate surface area is 134 Å². The highest BCUT2D eigenvalue weighted by atomic mass is 16.5. The highest BCUT2D eigenvalue weighted by molar-refractivity contribution is 5.84. The zero-order valence-electron chi connectivity index (χ0n) is 12.9. The van der Waals surface area contributed by atoms with Crippen molar-refractivity contribution in [1.29, 1.82) is 0 Å². The van der Waals surface area contributed by atoms with E-state index in [2.05, 4.69) is 20.8 Å². The van der Waals surface area contributed by atoms with Gasteiger partial charge < -0.3 is 14.8 Å². The molecular weight excluding hydrogens is 296 g/mol. The number of aromatic nitrogens is 1. The van der Waals surface area contributed by atoms with Crippen molar-refractivity contribution in [2.45, 2.75) is 0 Å². The predicted octanol–water partition coefficient (Wildman–Crippen LogP) is 1.66. The Morgan fingerprint density at radius 1 is 1.17 bits per heavy atom. The third-order valence-electron chi connectivity index (χ3n) is 2.91. The quantitative estimate of drug-likeness (QED) is 0.600. The summed E-state index contributed by atoms with van der Waals surface area (Å²) in [7, 11) is 3.14. The molecule has 0 aliphatic heterocycles. The summed E-state index contributed by atoms with van der Waals surface area (Å²) in [4.78, 5) is 15.7. The second-order valence-electron chi connectivity index (χ2n) is 4.53. The zero-order chi connectivity index (χ0) is 16.5. The first-order valence-electron chi connectivity index (χ1n) is 6.90. The lowest BCUT2D eigenvalue weighted by molar-refractivity contribution is -0.119. The lowest BCUT2D eigenvalue weighted by Gasteiger charge is -2.10. The molecule has 0 bridgehead atoms. The van der Waals surface area contributed by atoms with E-state index >= 15 is 0 Å². The van der Waals surface area contributed by atoms with Gasteiger partial charge in [-0.2, -0.15) is 5.10 Å². The first-order chi connectivity index (χ1) is 11.2. The van der Waals surface area contributed by atoms with Gasteiger partial charge in [0.2, 0.25) is 0 Å². The summed E-state index contributed by atoms with van der Waals surface area (Å²) < 4.78 is 10.3. The first-order valence-corrected chi connectivity index (χ1v) is 6.90. The van der Waals surface area contributed by atoms with Gasteiger partial charge >= 0.3 is 0 Å². The molecule has 1 aromatic heterocycles. The number of rotatable bonds is 7. The number of carbonyl (C=O) groups is 1. The van der Waals surface area contributed by atoms with E-state index in [1.54, 1.807) is 63.2 Å². The molecule has 2 aromatic rings. The number of methoxy groups -OCH3 is 2. The van der Waals surface area contributed by atoms with E-state index in [4.69, 9.17) is 9.47 Å². The number of pyridine rings is 1. The fourth-order valence-electron chi connectivity index (χ4n) is 1.76. The Bertz CT molecular complexity index is 652. The minimum absolute atomic E-state index is 0.0734. The first kappa shape index (κ1) is 16.3. The van der Waals surface area contributed by atoms with Crippen LogP contribution in [-0.2, 0) is 4.79 Å². The number of ether oxygens (including phenoxy) is 2. The summed E-state index contributed by atoms with van der Waals surface area (Å²) in [5, 5.41) is 6.87. The van der Waals surface area contributed by atoms with Crippen molar-refractivity contribution in [1.82, 2.24) is 10.4 Å². The molecule has 1 aromatic carbocycles. The SMILES string of the molecule is COc1cc(NCC(=O)N/N=C/c2ccncc2)cc(OC)c1. The topological polar surface area (TPSA) is 84.8 Å². The van der Waals surface area contributed by atoms with Crippen molar-refractivity contribution in [2.75, 3.05) is 26.1 Å². The molecule has 0 saturated heterocycles. The fourth-order valence-corrected chi connectivity index (χ4v) is 1.76. The summed E-state index contributed by atoms with van der Waals surface area (Å²) in [6.07, 6.45) is 4.86. The maximum atomic E-state index is 11.8. The summed E-state index contributed by atoms with van der Waals surface area (Å²) >= 11 is 0. The summed E-state index contributed by atoms with van der Waals surface area (Å²) in [6.45, 7) is 0.0734. The minimum Gasteiger partial charge on any atom is -0.497 e. The lowest BCUT2D eigenvalue weighted by Crippen LogP contribution is -2.25. The van der Waals surface area contributed by atoms with Crippen LogP contribution < -0.4 is 20.2 Å². The molecular formula is C16H18N4O3. The number of amides is 1. The maximum absolute atomic E-state index is 11.8. The standard InChI is InChI=1S/C16H18N4O3/c1-22-14-7-13(8-15(9-14)23-2)18-11-16(21)20-19-10-12-3-5-17-6-4-12/h3-10,18H,11H2,1-2H3,(H,20,21)/b19-10+. The van der Waals surface area contributed by atoms with Crippen molar-refractivity contribution in [3.05, 3.63) is 48.3 Å². The van der Waals surface area contributed by atoms with Crippen LogP contribution in [0.15, 0.2) is 47.8 Å². The van der Waals surface area contributed by atoms with Crippen molar-refractivity contribution in [2.24, 2.45) is 5.10 Å². The molecule has 7 heteroatoms. The number of anilines is 1. The van der Waals surface area contributed by atoms with Crippen LogP contribution in [0.5, 0.6) is 11.5 Å². The van der Waals surface area contributed by atoms with Gasteiger partial charge in [-0.1, -0.05) is 0 Å². The Kier molecular flexibility index (Phi) is 5.93. The molecule has 0 atom stereocenters. The Hall–Kier alpha value is -3.09. The zero-order valence-corrected chi connectivity index (χ0v) is 12.9. The van der Waals surface area contributed by atoms with E-state index in [1.165, 1.54) is 0 Å². The molecule has 0 unspecified atom stereocenters. The summed E-state index contributed by atoms with van der Waals surface area (Å²) in [6, 6.07) is 8.88. The van der Waals surface area contributed by atoms with Crippen LogP contribution in [0.3, 0.4) is 0 Å². The molecule has 1 amide bonds. The Morgan fingerprint density at radius 3 is 2.43 bits per heavy atom. The Balaban J connectivity index is 1.85. The molecule has 2 N–H and O–H groups in total. The molecule has 0 radical (unpaired) electrons. The van der Waals surface area contributed by atoms with Crippen LogP contribution in [0, 0.1) is 0 Å². The van der Waals surface area contributed by atoms with E-state index in [0.717, 1.165) is 11.3 Å². The number of hydrogen-bond acceptors (Lipinski definition) is 6. The lowest BCUT2D eigenvalue weighted by atomic mass is 10.2. The van der Waals surface area contributed by atoms with Gasteiger partial charge in [0.05, 0.1) is 27.0 Å². The summed E-state index contributed by atoms with van der Waals surface area (Å²) in [5.74, 6) is 1.02. The Morgan fingerprint density at radius 2 is 1.83 bits per heavy atom. The fraction of sp³-hybridized carbons (Fsp3) is 0.188. The smallest absolute Gasteiger partial charge is 0.259 e. The molecule has 0 spiro atoms. The molecule has 0 saturated carbocycles. The van der Waals surface area contributed by atoms with E-state index in [1.807, 2.05) is 0 Å². The average molecular weight is 314 g/mol. The molecule has 0 fully saturated rings. The van der Waals surface area contributed by atoms with Crippen LogP contribution in [-0.4, -0.2) is 37.9 Å². The van der Waals surface area contributed by atoms with Gasteiger partial charge in [0.25, 0.3) is 5.91 Å². The maximum Gasteiger partial charge on any atom is 0.259 e. The van der Waals surface area contributed by atoms with Gasteiger partial charge in [0, 0.05) is 36.3 Å². The second kappa shape index (κ2) is 8.38. The van der Waals surface area contributed by atoms with E-state index in [9.17, 15) is 4.79 Å². The number of nitrogens with one attached hydrogen (secondary N) is 2. The van der Waals surface area contributed by atoms with Gasteiger partial charge in [-0.3, -0.25) is 9.78 Å². The average Bonchev–Trinajstić information content (AvgIpc) is 2.60. The largest absolute Gasteiger partial charge is 0.497 e. The molecule has 7 nitrogen and oxygen atoms in total. The van der Waals surface area contributed by atoms with Gasteiger partial charge in [0.1, 0.15) is 11.5 Å². The van der Waals surface area contributed by atoms with Crippen LogP contribution in [0.1, 0.15) is 5.56 Å². The molecule has 2 rings (SSSR count). The third kappa shape index (κ3) is 5.31. The number of nitrogens with zero attached hydrogens (tertiary/aromatic N) is 2. The highest BCUT2D eigenvalue weighted by Crippen LogP contribution is 2.25. The number of carbonyl (C=O) groups excluding carboxylic acids is 1. The van der Waals surface area contributed by atoms with Gasteiger partial charge in [-0.25, -0.2) is 5.43 Å². The summed E-state index contributed by atoms with van der Waals surface area (Å²) in [5.41, 5.74) is 4.01. The number of hydrogen-bond donors (Lipinski definition) is 2. The van der Waals surface area contributed by atoms with Crippen LogP contribution in [0.4, 0.5) is 5.69 Å².